The summed E-state index contributed by atoms with van der Waals surface area (Å²) in [6, 6.07) is 4.85. The molecule has 0 aromatic heterocycles. The van der Waals surface area contributed by atoms with Gasteiger partial charge in [0.15, 0.2) is 0 Å². The minimum Gasteiger partial charge on any atom is -0.478 e. The van der Waals surface area contributed by atoms with Gasteiger partial charge in [-0.05, 0) is 37.0 Å². The van der Waals surface area contributed by atoms with Crippen molar-refractivity contribution in [3.63, 3.8) is 0 Å². The normalized spacial score (nSPS) is 29.5. The molecule has 19 heavy (non-hydrogen) atoms. The summed E-state index contributed by atoms with van der Waals surface area (Å²) in [5, 5.41) is 18.8. The maximum Gasteiger partial charge on any atom is 0.335 e. The van der Waals surface area contributed by atoms with Crippen LogP contribution >= 0.6 is 0 Å². The molecule has 3 atom stereocenters. The highest BCUT2D eigenvalue weighted by atomic mass is 16.4. The Morgan fingerprint density at radius 2 is 2.11 bits per heavy atom. The van der Waals surface area contributed by atoms with Crippen LogP contribution in [0.1, 0.15) is 23.2 Å². The maximum atomic E-state index is 10.9. The van der Waals surface area contributed by atoms with Crippen molar-refractivity contribution in [1.29, 1.82) is 0 Å². The van der Waals surface area contributed by atoms with Crippen LogP contribution in [0.4, 0.5) is 11.4 Å². The van der Waals surface area contributed by atoms with E-state index in [1.807, 2.05) is 0 Å². The third-order valence-electron chi connectivity index (χ3n) is 4.43. The van der Waals surface area contributed by atoms with Crippen LogP contribution < -0.4 is 10.6 Å². The summed E-state index contributed by atoms with van der Waals surface area (Å²) in [4.78, 5) is 13.1. The van der Waals surface area contributed by atoms with Gasteiger partial charge in [-0.25, -0.2) is 4.79 Å². The van der Waals surface area contributed by atoms with Crippen LogP contribution in [0.3, 0.4) is 0 Å². The van der Waals surface area contributed by atoms with Crippen LogP contribution in [0.2, 0.25) is 0 Å². The zero-order chi connectivity index (χ0) is 13.6. The Labute approximate surface area is 111 Å². The number of rotatable bonds is 2. The number of hydrogen-bond donors (Lipinski definition) is 3. The minimum atomic E-state index is -0.966. The number of hydrogen-bond acceptors (Lipinski definition) is 4. The van der Waals surface area contributed by atoms with E-state index in [0.29, 0.717) is 17.5 Å². The second-order valence-corrected chi connectivity index (χ2v) is 5.55. The Morgan fingerprint density at radius 3 is 2.74 bits per heavy atom. The van der Waals surface area contributed by atoms with Gasteiger partial charge in [0.05, 0.1) is 23.0 Å². The van der Waals surface area contributed by atoms with E-state index >= 15 is 0 Å². The lowest BCUT2D eigenvalue weighted by atomic mass is 10.00. The molecule has 0 spiro atoms. The SMILES string of the molecule is Nc1cc(C(=O)O)ccc1N1CC2CCC(O)C2C1. The van der Waals surface area contributed by atoms with E-state index in [2.05, 4.69) is 4.90 Å². The molecular weight excluding hydrogens is 244 g/mol. The number of fused-ring (bicyclic) bond motifs is 1. The highest BCUT2D eigenvalue weighted by molar-refractivity contribution is 5.90. The summed E-state index contributed by atoms with van der Waals surface area (Å²) in [6.45, 7) is 1.71. The molecule has 2 fully saturated rings. The monoisotopic (exact) mass is 262 g/mol. The van der Waals surface area contributed by atoms with Crippen molar-refractivity contribution in [2.45, 2.75) is 18.9 Å². The second kappa shape index (κ2) is 4.42. The molecule has 3 unspecified atom stereocenters. The smallest absolute Gasteiger partial charge is 0.335 e. The number of aliphatic hydroxyl groups is 1. The Balaban J connectivity index is 1.82. The van der Waals surface area contributed by atoms with E-state index in [1.54, 1.807) is 12.1 Å². The summed E-state index contributed by atoms with van der Waals surface area (Å²) < 4.78 is 0. The fourth-order valence-corrected chi connectivity index (χ4v) is 3.41. The summed E-state index contributed by atoms with van der Waals surface area (Å²) in [5.41, 5.74) is 7.54. The van der Waals surface area contributed by atoms with E-state index in [4.69, 9.17) is 10.8 Å². The number of carboxylic acids is 1. The lowest BCUT2D eigenvalue weighted by Gasteiger charge is -2.22. The first kappa shape index (κ1) is 12.3. The molecule has 102 valence electrons. The van der Waals surface area contributed by atoms with E-state index in [1.165, 1.54) is 6.07 Å². The Morgan fingerprint density at radius 1 is 1.32 bits per heavy atom. The highest BCUT2D eigenvalue weighted by Crippen LogP contribution is 2.41. The van der Waals surface area contributed by atoms with Gasteiger partial charge in [0.1, 0.15) is 0 Å². The third-order valence-corrected chi connectivity index (χ3v) is 4.43. The molecule has 0 bridgehead atoms. The van der Waals surface area contributed by atoms with E-state index in [9.17, 15) is 9.90 Å². The van der Waals surface area contributed by atoms with Crippen molar-refractivity contribution in [2.75, 3.05) is 23.7 Å². The predicted octanol–water partition coefficient (Wildman–Crippen LogP) is 1.17. The Kier molecular flexibility index (Phi) is 2.86. The second-order valence-electron chi connectivity index (χ2n) is 5.55. The fraction of sp³-hybridized carbons (Fsp3) is 0.500. The van der Waals surface area contributed by atoms with Gasteiger partial charge in [0.25, 0.3) is 0 Å². The van der Waals surface area contributed by atoms with Crippen LogP contribution in [0.25, 0.3) is 0 Å². The quantitative estimate of drug-likeness (QED) is 0.697. The van der Waals surface area contributed by atoms with Crippen LogP contribution in [0.15, 0.2) is 18.2 Å². The number of aliphatic hydroxyl groups excluding tert-OH is 1. The molecular formula is C14H18N2O3. The van der Waals surface area contributed by atoms with E-state index in [-0.39, 0.29) is 11.7 Å². The van der Waals surface area contributed by atoms with Crippen molar-refractivity contribution in [3.8, 4) is 0 Å². The minimum absolute atomic E-state index is 0.200. The number of aromatic carboxylic acids is 1. The largest absolute Gasteiger partial charge is 0.478 e. The Bertz CT molecular complexity index is 517. The van der Waals surface area contributed by atoms with Crippen LogP contribution in [-0.4, -0.2) is 35.4 Å². The summed E-state index contributed by atoms with van der Waals surface area (Å²) in [7, 11) is 0. The first-order valence-electron chi connectivity index (χ1n) is 6.62. The van der Waals surface area contributed by atoms with Gasteiger partial charge >= 0.3 is 5.97 Å². The summed E-state index contributed by atoms with van der Waals surface area (Å²) in [6.07, 6.45) is 1.76. The number of anilines is 2. The van der Waals surface area contributed by atoms with Crippen molar-refractivity contribution in [1.82, 2.24) is 0 Å². The lowest BCUT2D eigenvalue weighted by molar-refractivity contribution is 0.0697. The molecule has 2 aliphatic rings. The summed E-state index contributed by atoms with van der Waals surface area (Å²) in [5.74, 6) is -0.0981. The van der Waals surface area contributed by atoms with Crippen molar-refractivity contribution < 1.29 is 15.0 Å². The van der Waals surface area contributed by atoms with Gasteiger partial charge < -0.3 is 20.8 Å². The summed E-state index contributed by atoms with van der Waals surface area (Å²) >= 11 is 0. The number of nitrogens with zero attached hydrogens (tertiary/aromatic N) is 1. The molecule has 1 aliphatic carbocycles. The molecule has 0 radical (unpaired) electrons. The topological polar surface area (TPSA) is 86.8 Å². The molecule has 1 saturated carbocycles. The Hall–Kier alpha value is -1.75. The van der Waals surface area contributed by atoms with E-state index in [0.717, 1.165) is 31.6 Å². The highest BCUT2D eigenvalue weighted by Gasteiger charge is 2.42. The molecule has 5 heteroatoms. The molecule has 1 aromatic rings. The van der Waals surface area contributed by atoms with Gasteiger partial charge in [-0.1, -0.05) is 0 Å². The van der Waals surface area contributed by atoms with Gasteiger partial charge in [-0.15, -0.1) is 0 Å². The van der Waals surface area contributed by atoms with Crippen LogP contribution in [-0.2, 0) is 0 Å². The van der Waals surface area contributed by atoms with E-state index < -0.39 is 5.97 Å². The molecule has 1 aliphatic heterocycles. The number of carboxylic acid groups (broad SMARTS) is 1. The van der Waals surface area contributed by atoms with Crippen molar-refractivity contribution >= 4 is 17.3 Å². The molecule has 4 N–H and O–H groups in total. The molecule has 3 rings (SSSR count). The zero-order valence-electron chi connectivity index (χ0n) is 10.6. The fourth-order valence-electron chi connectivity index (χ4n) is 3.41. The first-order chi connectivity index (χ1) is 9.06. The first-order valence-corrected chi connectivity index (χ1v) is 6.62. The number of benzene rings is 1. The molecule has 1 aromatic carbocycles. The standard InChI is InChI=1S/C14H18N2O3/c15-11-5-8(14(18)19)1-3-12(11)16-6-9-2-4-13(17)10(9)7-16/h1,3,5,9-10,13,17H,2,4,6-7,15H2,(H,18,19). The third kappa shape index (κ3) is 2.04. The maximum absolute atomic E-state index is 10.9. The molecule has 1 heterocycles. The van der Waals surface area contributed by atoms with Crippen LogP contribution in [0, 0.1) is 11.8 Å². The number of carbonyl (C=O) groups is 1. The van der Waals surface area contributed by atoms with Gasteiger partial charge in [-0.2, -0.15) is 0 Å². The molecule has 1 saturated heterocycles. The number of nitrogen functional groups attached to an aromatic ring is 1. The van der Waals surface area contributed by atoms with Crippen molar-refractivity contribution in [3.05, 3.63) is 23.8 Å². The van der Waals surface area contributed by atoms with Crippen LogP contribution in [0.5, 0.6) is 0 Å². The lowest BCUT2D eigenvalue weighted by Crippen LogP contribution is -2.25. The van der Waals surface area contributed by atoms with Crippen molar-refractivity contribution in [2.24, 2.45) is 11.8 Å². The zero-order valence-corrected chi connectivity index (χ0v) is 10.6. The van der Waals surface area contributed by atoms with Gasteiger partial charge in [0, 0.05) is 19.0 Å². The number of nitrogens with two attached hydrogens (primary N) is 1. The van der Waals surface area contributed by atoms with Gasteiger partial charge in [-0.3, -0.25) is 0 Å². The molecule has 0 amide bonds. The average Bonchev–Trinajstić information content (AvgIpc) is 2.92. The average molecular weight is 262 g/mol. The molecule has 5 nitrogen and oxygen atoms in total. The van der Waals surface area contributed by atoms with Gasteiger partial charge in [0.2, 0.25) is 0 Å². The predicted molar refractivity (Wildman–Crippen MR) is 72.2 cm³/mol.